The van der Waals surface area contributed by atoms with Gasteiger partial charge in [-0.2, -0.15) is 0 Å². The Balaban J connectivity index is 1.18. The molecule has 2 saturated heterocycles. The zero-order valence-electron chi connectivity index (χ0n) is 21.1. The molecule has 3 aliphatic heterocycles. The number of ether oxygens (including phenoxy) is 1. The number of rotatable bonds is 7. The summed E-state index contributed by atoms with van der Waals surface area (Å²) in [5.41, 5.74) is 6.02. The Morgan fingerprint density at radius 3 is 2.47 bits per heavy atom. The van der Waals surface area contributed by atoms with Gasteiger partial charge in [0.05, 0.1) is 13.2 Å². The predicted molar refractivity (Wildman–Crippen MR) is 144 cm³/mol. The van der Waals surface area contributed by atoms with Crippen LogP contribution in [-0.4, -0.2) is 60.3 Å². The van der Waals surface area contributed by atoms with Crippen LogP contribution in [0.1, 0.15) is 35.6 Å². The van der Waals surface area contributed by atoms with Crippen molar-refractivity contribution in [2.75, 3.05) is 45.9 Å². The van der Waals surface area contributed by atoms with Crippen molar-refractivity contribution in [3.63, 3.8) is 0 Å². The van der Waals surface area contributed by atoms with Gasteiger partial charge >= 0.3 is 0 Å². The number of fused-ring (bicyclic) bond motifs is 4. The van der Waals surface area contributed by atoms with E-state index in [1.54, 1.807) is 0 Å². The average molecular weight is 484 g/mol. The molecule has 3 aliphatic rings. The van der Waals surface area contributed by atoms with Crippen LogP contribution >= 0.6 is 0 Å². The van der Waals surface area contributed by atoms with Gasteiger partial charge in [0, 0.05) is 56.4 Å². The maximum atomic E-state index is 13.8. The maximum Gasteiger partial charge on any atom is 0.258 e. The van der Waals surface area contributed by atoms with E-state index >= 15 is 0 Å². The number of hydrogen-bond acceptors (Lipinski definition) is 4. The van der Waals surface area contributed by atoms with Gasteiger partial charge in [-0.1, -0.05) is 54.6 Å². The first-order valence-corrected chi connectivity index (χ1v) is 13.6. The molecule has 0 saturated carbocycles. The van der Waals surface area contributed by atoms with Crippen molar-refractivity contribution in [3.05, 3.63) is 93.9 Å². The second-order valence-electron chi connectivity index (χ2n) is 10.8. The van der Waals surface area contributed by atoms with Gasteiger partial charge in [0.25, 0.3) is 5.56 Å². The van der Waals surface area contributed by atoms with E-state index in [1.165, 1.54) is 29.7 Å². The smallest absolute Gasteiger partial charge is 0.258 e. The largest absolute Gasteiger partial charge is 0.379 e. The van der Waals surface area contributed by atoms with Gasteiger partial charge in [-0.05, 0) is 60.5 Å². The summed E-state index contributed by atoms with van der Waals surface area (Å²) in [7, 11) is 0. The SMILES string of the molecule is O=c1c(-c2ccccc2CN2CCOCC2)ccc2n1CC1CC2CN(CCCc2ccccc2)C1. The van der Waals surface area contributed by atoms with Crippen LogP contribution in [0.4, 0.5) is 0 Å². The molecule has 2 bridgehead atoms. The van der Waals surface area contributed by atoms with Gasteiger partial charge in [-0.25, -0.2) is 0 Å². The minimum Gasteiger partial charge on any atom is -0.379 e. The zero-order chi connectivity index (χ0) is 24.3. The lowest BCUT2D eigenvalue weighted by Crippen LogP contribution is -2.47. The molecule has 2 fully saturated rings. The summed E-state index contributed by atoms with van der Waals surface area (Å²) in [6.45, 7) is 8.49. The van der Waals surface area contributed by atoms with E-state index in [4.69, 9.17) is 4.74 Å². The van der Waals surface area contributed by atoms with Gasteiger partial charge in [0.15, 0.2) is 0 Å². The Bertz CT molecular complexity index is 1230. The fraction of sp³-hybridized carbons (Fsp3) is 0.452. The fourth-order valence-electron chi connectivity index (χ4n) is 6.51. The number of pyridine rings is 1. The van der Waals surface area contributed by atoms with Crippen molar-refractivity contribution in [1.29, 1.82) is 0 Å². The molecule has 5 nitrogen and oxygen atoms in total. The average Bonchev–Trinajstić information content (AvgIpc) is 2.91. The zero-order valence-corrected chi connectivity index (χ0v) is 21.1. The van der Waals surface area contributed by atoms with Crippen LogP contribution in [0.15, 0.2) is 71.5 Å². The van der Waals surface area contributed by atoms with E-state index in [1.807, 2.05) is 0 Å². The molecule has 2 unspecified atom stereocenters. The van der Waals surface area contributed by atoms with Gasteiger partial charge in [-0.15, -0.1) is 0 Å². The lowest BCUT2D eigenvalue weighted by Gasteiger charge is -2.43. The summed E-state index contributed by atoms with van der Waals surface area (Å²) >= 11 is 0. The molecular formula is C31H37N3O2. The summed E-state index contributed by atoms with van der Waals surface area (Å²) < 4.78 is 7.63. The fourth-order valence-corrected chi connectivity index (χ4v) is 6.51. The normalized spacial score (nSPS) is 22.3. The van der Waals surface area contributed by atoms with Crippen molar-refractivity contribution >= 4 is 0 Å². The van der Waals surface area contributed by atoms with Crippen molar-refractivity contribution < 1.29 is 4.74 Å². The highest BCUT2D eigenvalue weighted by Crippen LogP contribution is 2.36. The Morgan fingerprint density at radius 1 is 0.806 bits per heavy atom. The van der Waals surface area contributed by atoms with Crippen LogP contribution in [0.5, 0.6) is 0 Å². The highest BCUT2D eigenvalue weighted by Gasteiger charge is 2.35. The summed E-state index contributed by atoms with van der Waals surface area (Å²) in [6, 6.07) is 23.6. The van der Waals surface area contributed by atoms with E-state index < -0.39 is 0 Å². The predicted octanol–water partition coefficient (Wildman–Crippen LogP) is 4.40. The molecule has 0 amide bonds. The lowest BCUT2D eigenvalue weighted by atomic mass is 9.82. The lowest BCUT2D eigenvalue weighted by molar-refractivity contribution is 0.0342. The molecule has 0 radical (unpaired) electrons. The first-order valence-electron chi connectivity index (χ1n) is 13.6. The molecule has 4 heterocycles. The molecule has 2 aromatic carbocycles. The van der Waals surface area contributed by atoms with Crippen LogP contribution in [0.25, 0.3) is 11.1 Å². The monoisotopic (exact) mass is 483 g/mol. The van der Waals surface area contributed by atoms with Gasteiger partial charge in [0.2, 0.25) is 0 Å². The minimum absolute atomic E-state index is 0.189. The first kappa shape index (κ1) is 23.7. The van der Waals surface area contributed by atoms with Crippen molar-refractivity contribution in [1.82, 2.24) is 14.4 Å². The van der Waals surface area contributed by atoms with Crippen LogP contribution in [0.2, 0.25) is 0 Å². The van der Waals surface area contributed by atoms with Gasteiger partial charge in [-0.3, -0.25) is 9.69 Å². The van der Waals surface area contributed by atoms with E-state index in [0.717, 1.165) is 76.6 Å². The number of hydrogen-bond donors (Lipinski definition) is 0. The van der Waals surface area contributed by atoms with E-state index in [9.17, 15) is 4.79 Å². The van der Waals surface area contributed by atoms with Crippen LogP contribution in [-0.2, 0) is 24.2 Å². The topological polar surface area (TPSA) is 37.7 Å². The van der Waals surface area contributed by atoms with Gasteiger partial charge in [0.1, 0.15) is 0 Å². The number of likely N-dealkylation sites (tertiary alicyclic amines) is 1. The molecule has 0 N–H and O–H groups in total. The molecule has 1 aromatic heterocycles. The Hall–Kier alpha value is -2.73. The molecule has 0 aliphatic carbocycles. The Kier molecular flexibility index (Phi) is 7.04. The third-order valence-corrected chi connectivity index (χ3v) is 8.27. The second-order valence-corrected chi connectivity index (χ2v) is 10.8. The number of aromatic nitrogens is 1. The number of piperidine rings is 1. The van der Waals surface area contributed by atoms with Crippen LogP contribution < -0.4 is 5.56 Å². The third kappa shape index (κ3) is 5.06. The third-order valence-electron chi connectivity index (χ3n) is 8.27. The van der Waals surface area contributed by atoms with E-state index in [-0.39, 0.29) is 5.56 Å². The highest BCUT2D eigenvalue weighted by atomic mass is 16.5. The first-order chi connectivity index (χ1) is 17.7. The van der Waals surface area contributed by atoms with Crippen molar-refractivity contribution in [2.45, 2.75) is 38.3 Å². The summed E-state index contributed by atoms with van der Waals surface area (Å²) in [4.78, 5) is 18.9. The highest BCUT2D eigenvalue weighted by molar-refractivity contribution is 5.66. The van der Waals surface area contributed by atoms with Crippen LogP contribution in [0.3, 0.4) is 0 Å². The molecule has 3 aromatic rings. The molecular weight excluding hydrogens is 446 g/mol. The van der Waals surface area contributed by atoms with Crippen molar-refractivity contribution in [3.8, 4) is 11.1 Å². The molecule has 5 heteroatoms. The molecule has 0 spiro atoms. The number of benzene rings is 2. The summed E-state index contributed by atoms with van der Waals surface area (Å²) in [5, 5.41) is 0. The Morgan fingerprint density at radius 2 is 1.61 bits per heavy atom. The van der Waals surface area contributed by atoms with E-state index in [0.29, 0.717) is 11.8 Å². The maximum absolute atomic E-state index is 13.8. The van der Waals surface area contributed by atoms with Gasteiger partial charge < -0.3 is 14.2 Å². The molecule has 6 rings (SSSR count). The number of aryl methyl sites for hydroxylation is 1. The number of nitrogens with zero attached hydrogens (tertiary/aromatic N) is 3. The molecule has 2 atom stereocenters. The molecule has 36 heavy (non-hydrogen) atoms. The number of morpholine rings is 1. The quantitative estimate of drug-likeness (QED) is 0.499. The molecule has 188 valence electrons. The second kappa shape index (κ2) is 10.7. The summed E-state index contributed by atoms with van der Waals surface area (Å²) in [5.74, 6) is 1.02. The Labute approximate surface area is 214 Å². The standard InChI is InChI=1S/C31H37N3O2/c35-31-29(28-11-5-4-10-26(28)22-32-15-17-36-18-16-32)12-13-30-27-19-25(21-34(30)31)20-33(23-27)14-6-9-24-7-2-1-3-8-24/h1-5,7-8,10-13,25,27H,6,9,14-23H2. The minimum atomic E-state index is 0.189. The van der Waals surface area contributed by atoms with Crippen molar-refractivity contribution in [2.24, 2.45) is 5.92 Å². The summed E-state index contributed by atoms with van der Waals surface area (Å²) in [6.07, 6.45) is 3.53. The van der Waals surface area contributed by atoms with Crippen LogP contribution in [0, 0.1) is 5.92 Å². The van der Waals surface area contributed by atoms with E-state index in [2.05, 4.69) is 81.1 Å².